The van der Waals surface area contributed by atoms with Crippen molar-refractivity contribution < 1.29 is 4.74 Å². The van der Waals surface area contributed by atoms with Gasteiger partial charge in [0.15, 0.2) is 0 Å². The number of nitrogens with one attached hydrogen (secondary N) is 1. The maximum atomic E-state index is 5.11. The van der Waals surface area contributed by atoms with Gasteiger partial charge in [0.1, 0.15) is 0 Å². The second kappa shape index (κ2) is 7.26. The highest BCUT2D eigenvalue weighted by molar-refractivity contribution is 5.81. The van der Waals surface area contributed by atoms with Gasteiger partial charge in [0.05, 0.1) is 11.2 Å². The summed E-state index contributed by atoms with van der Waals surface area (Å²) in [6.45, 7) is 5.73. The van der Waals surface area contributed by atoms with Crippen LogP contribution in [0.1, 0.15) is 25.5 Å². The summed E-state index contributed by atoms with van der Waals surface area (Å²) in [5.74, 6) is 0. The van der Waals surface area contributed by atoms with E-state index in [2.05, 4.69) is 41.2 Å². The van der Waals surface area contributed by atoms with Crippen LogP contribution in [0.15, 0.2) is 24.3 Å². The third-order valence-electron chi connectivity index (χ3n) is 3.17. The lowest BCUT2D eigenvalue weighted by molar-refractivity contribution is 0.189. The normalized spacial score (nSPS) is 11.3. The maximum absolute atomic E-state index is 5.11. The minimum atomic E-state index is 0.775. The van der Waals surface area contributed by atoms with Crippen molar-refractivity contribution in [1.82, 2.24) is 15.1 Å². The van der Waals surface area contributed by atoms with Gasteiger partial charge in [0.2, 0.25) is 0 Å². The van der Waals surface area contributed by atoms with Crippen LogP contribution in [0.4, 0.5) is 0 Å². The van der Waals surface area contributed by atoms with Crippen molar-refractivity contribution in [1.29, 1.82) is 0 Å². The van der Waals surface area contributed by atoms with Crippen LogP contribution < -0.4 is 5.32 Å². The molecule has 1 heterocycles. The van der Waals surface area contributed by atoms with Crippen molar-refractivity contribution in [2.75, 3.05) is 20.3 Å². The fourth-order valence-electron chi connectivity index (χ4n) is 2.24. The third kappa shape index (κ3) is 3.55. The molecule has 104 valence electrons. The number of rotatable bonds is 8. The monoisotopic (exact) mass is 261 g/mol. The molecule has 2 aromatic rings. The second-order valence-corrected chi connectivity index (χ2v) is 4.71. The van der Waals surface area contributed by atoms with Crippen LogP contribution in [0.3, 0.4) is 0 Å². The molecule has 0 aliphatic rings. The number of hydrogen-bond acceptors (Lipinski definition) is 3. The highest BCUT2D eigenvalue weighted by Gasteiger charge is 2.09. The molecule has 0 aliphatic carbocycles. The number of ether oxygens (including phenoxy) is 1. The van der Waals surface area contributed by atoms with Crippen molar-refractivity contribution in [2.45, 2.75) is 32.9 Å². The largest absolute Gasteiger partial charge is 0.385 e. The Morgan fingerprint density at radius 1 is 1.32 bits per heavy atom. The minimum Gasteiger partial charge on any atom is -0.385 e. The van der Waals surface area contributed by atoms with E-state index in [4.69, 9.17) is 9.84 Å². The summed E-state index contributed by atoms with van der Waals surface area (Å²) < 4.78 is 7.20. The lowest BCUT2D eigenvalue weighted by atomic mass is 10.2. The molecule has 4 nitrogen and oxygen atoms in total. The van der Waals surface area contributed by atoms with Gasteiger partial charge in [0.25, 0.3) is 0 Å². The first-order valence-corrected chi connectivity index (χ1v) is 7.01. The molecular formula is C15H23N3O. The molecule has 0 spiro atoms. The van der Waals surface area contributed by atoms with Gasteiger partial charge in [-0.2, -0.15) is 5.10 Å². The molecule has 1 N–H and O–H groups in total. The van der Waals surface area contributed by atoms with Gasteiger partial charge in [-0.25, -0.2) is 0 Å². The minimum absolute atomic E-state index is 0.775. The number of aryl methyl sites for hydroxylation is 1. The summed E-state index contributed by atoms with van der Waals surface area (Å²) >= 11 is 0. The number of nitrogens with zero attached hydrogens (tertiary/aromatic N) is 2. The Kier molecular flexibility index (Phi) is 5.36. The average molecular weight is 261 g/mol. The molecule has 0 fully saturated rings. The third-order valence-corrected chi connectivity index (χ3v) is 3.17. The van der Waals surface area contributed by atoms with Crippen LogP contribution in [0.2, 0.25) is 0 Å². The lowest BCUT2D eigenvalue weighted by Gasteiger charge is -2.02. The van der Waals surface area contributed by atoms with Crippen LogP contribution in [-0.4, -0.2) is 30.0 Å². The molecule has 0 radical (unpaired) electrons. The molecule has 1 aromatic heterocycles. The predicted octanol–water partition coefficient (Wildman–Crippen LogP) is 2.57. The number of fused-ring (bicyclic) bond motifs is 1. The van der Waals surface area contributed by atoms with E-state index in [-0.39, 0.29) is 0 Å². The van der Waals surface area contributed by atoms with Crippen LogP contribution in [0.25, 0.3) is 10.9 Å². The number of aromatic nitrogens is 2. The first-order valence-electron chi connectivity index (χ1n) is 7.01. The van der Waals surface area contributed by atoms with E-state index in [1.807, 2.05) is 0 Å². The molecule has 19 heavy (non-hydrogen) atoms. The number of hydrogen-bond donors (Lipinski definition) is 1. The zero-order valence-electron chi connectivity index (χ0n) is 11.9. The van der Waals surface area contributed by atoms with E-state index in [9.17, 15) is 0 Å². The molecule has 0 aliphatic heterocycles. The first kappa shape index (κ1) is 14.0. The smallest absolute Gasteiger partial charge is 0.0841 e. The summed E-state index contributed by atoms with van der Waals surface area (Å²) in [4.78, 5) is 0. The van der Waals surface area contributed by atoms with E-state index in [0.717, 1.165) is 44.8 Å². The molecule has 0 unspecified atom stereocenters. The quantitative estimate of drug-likeness (QED) is 0.742. The van der Waals surface area contributed by atoms with Gasteiger partial charge in [-0.3, -0.25) is 4.68 Å². The Bertz CT molecular complexity index is 463. The Hall–Kier alpha value is -1.39. The topological polar surface area (TPSA) is 39.1 Å². The number of para-hydroxylation sites is 1. The van der Waals surface area contributed by atoms with Gasteiger partial charge < -0.3 is 10.1 Å². The molecule has 2 rings (SSSR count). The summed E-state index contributed by atoms with van der Waals surface area (Å²) in [6.07, 6.45) is 2.14. The molecular weight excluding hydrogens is 238 g/mol. The maximum Gasteiger partial charge on any atom is 0.0841 e. The Morgan fingerprint density at radius 2 is 2.16 bits per heavy atom. The standard InChI is InChI=1S/C15H23N3O/c1-3-9-16-12-14-13-7-4-5-8-15(13)18(17-14)10-6-11-19-2/h4-5,7-8,16H,3,6,9-12H2,1-2H3. The van der Waals surface area contributed by atoms with Crippen LogP contribution in [0.5, 0.6) is 0 Å². The van der Waals surface area contributed by atoms with E-state index >= 15 is 0 Å². The average Bonchev–Trinajstić information content (AvgIpc) is 2.79. The van der Waals surface area contributed by atoms with Crippen molar-refractivity contribution in [3.8, 4) is 0 Å². The highest BCUT2D eigenvalue weighted by atomic mass is 16.5. The fraction of sp³-hybridized carbons (Fsp3) is 0.533. The highest BCUT2D eigenvalue weighted by Crippen LogP contribution is 2.18. The van der Waals surface area contributed by atoms with Crippen molar-refractivity contribution in [3.05, 3.63) is 30.0 Å². The molecule has 0 saturated carbocycles. The van der Waals surface area contributed by atoms with Crippen LogP contribution >= 0.6 is 0 Å². The Morgan fingerprint density at radius 3 is 2.95 bits per heavy atom. The van der Waals surface area contributed by atoms with E-state index in [1.165, 1.54) is 10.9 Å². The van der Waals surface area contributed by atoms with Crippen LogP contribution in [0, 0.1) is 0 Å². The van der Waals surface area contributed by atoms with Gasteiger partial charge in [-0.15, -0.1) is 0 Å². The molecule has 0 saturated heterocycles. The molecule has 0 bridgehead atoms. The van der Waals surface area contributed by atoms with Crippen LogP contribution in [-0.2, 0) is 17.8 Å². The van der Waals surface area contributed by atoms with Gasteiger partial charge >= 0.3 is 0 Å². The van der Waals surface area contributed by atoms with E-state index in [1.54, 1.807) is 7.11 Å². The van der Waals surface area contributed by atoms with E-state index < -0.39 is 0 Å². The Balaban J connectivity index is 2.16. The number of benzene rings is 1. The molecule has 0 atom stereocenters. The second-order valence-electron chi connectivity index (χ2n) is 4.71. The molecule has 1 aromatic carbocycles. The number of methoxy groups -OCH3 is 1. The molecule has 4 heteroatoms. The van der Waals surface area contributed by atoms with Gasteiger partial charge in [-0.05, 0) is 25.5 Å². The fourth-order valence-corrected chi connectivity index (χ4v) is 2.24. The summed E-state index contributed by atoms with van der Waals surface area (Å²) in [6, 6.07) is 8.43. The van der Waals surface area contributed by atoms with E-state index in [0.29, 0.717) is 0 Å². The zero-order valence-corrected chi connectivity index (χ0v) is 11.9. The van der Waals surface area contributed by atoms with Gasteiger partial charge in [0, 0.05) is 32.2 Å². The zero-order chi connectivity index (χ0) is 13.5. The SMILES string of the molecule is CCCNCc1nn(CCCOC)c2ccccc12. The lowest BCUT2D eigenvalue weighted by Crippen LogP contribution is -2.14. The first-order chi connectivity index (χ1) is 9.36. The van der Waals surface area contributed by atoms with Crippen molar-refractivity contribution >= 4 is 10.9 Å². The molecule has 0 amide bonds. The summed E-state index contributed by atoms with van der Waals surface area (Å²) in [5.41, 5.74) is 2.35. The predicted molar refractivity (Wildman–Crippen MR) is 78.2 cm³/mol. The summed E-state index contributed by atoms with van der Waals surface area (Å²) in [7, 11) is 1.74. The van der Waals surface area contributed by atoms with Crippen molar-refractivity contribution in [3.63, 3.8) is 0 Å². The van der Waals surface area contributed by atoms with Gasteiger partial charge in [-0.1, -0.05) is 25.1 Å². The summed E-state index contributed by atoms with van der Waals surface area (Å²) in [5, 5.41) is 9.41. The van der Waals surface area contributed by atoms with Crippen molar-refractivity contribution in [2.24, 2.45) is 0 Å². The Labute approximate surface area is 114 Å².